The fraction of sp³-hybridized carbons (Fsp3) is 0.296. The van der Waals surface area contributed by atoms with Crippen LogP contribution in [0, 0.1) is 6.92 Å². The number of rotatable bonds is 4. The van der Waals surface area contributed by atoms with Crippen LogP contribution in [0.1, 0.15) is 23.1 Å². The van der Waals surface area contributed by atoms with Gasteiger partial charge in [0, 0.05) is 32.2 Å². The van der Waals surface area contributed by atoms with Crippen molar-refractivity contribution in [2.45, 2.75) is 19.1 Å². The van der Waals surface area contributed by atoms with Crippen LogP contribution in [0.3, 0.4) is 0 Å². The molecular formula is C27H29N3O4S. The number of fused-ring (bicyclic) bond motifs is 2. The van der Waals surface area contributed by atoms with Gasteiger partial charge in [0.25, 0.3) is 0 Å². The number of sulfonamides is 1. The summed E-state index contributed by atoms with van der Waals surface area (Å²) in [6, 6.07) is 21.0. The van der Waals surface area contributed by atoms with Crippen molar-refractivity contribution in [3.8, 4) is 17.2 Å². The van der Waals surface area contributed by atoms with Gasteiger partial charge >= 0.3 is 0 Å². The minimum Gasteiger partial charge on any atom is -0.497 e. The molecule has 182 valence electrons. The van der Waals surface area contributed by atoms with Gasteiger partial charge in [-0.1, -0.05) is 36.4 Å². The van der Waals surface area contributed by atoms with Crippen LogP contribution in [0.2, 0.25) is 0 Å². The van der Waals surface area contributed by atoms with Crippen LogP contribution >= 0.6 is 0 Å². The summed E-state index contributed by atoms with van der Waals surface area (Å²) < 4.78 is 39.6. The van der Waals surface area contributed by atoms with Gasteiger partial charge in [0.15, 0.2) is 5.75 Å². The summed E-state index contributed by atoms with van der Waals surface area (Å²) in [7, 11) is -1.79. The highest BCUT2D eigenvalue weighted by Gasteiger charge is 2.29. The Morgan fingerprint density at radius 1 is 0.943 bits per heavy atom. The monoisotopic (exact) mass is 491 g/mol. The van der Waals surface area contributed by atoms with Crippen molar-refractivity contribution in [1.29, 1.82) is 0 Å². The van der Waals surface area contributed by atoms with Gasteiger partial charge in [-0.05, 0) is 48.7 Å². The van der Waals surface area contributed by atoms with E-state index < -0.39 is 10.0 Å². The third kappa shape index (κ3) is 5.04. The Hall–Kier alpha value is -3.36. The van der Waals surface area contributed by atoms with E-state index in [1.54, 1.807) is 11.4 Å². The summed E-state index contributed by atoms with van der Waals surface area (Å²) in [6.07, 6.45) is 0.708. The lowest BCUT2D eigenvalue weighted by molar-refractivity contribution is 0.404. The normalized spacial score (nSPS) is 16.3. The van der Waals surface area contributed by atoms with Crippen molar-refractivity contribution in [2.24, 2.45) is 4.99 Å². The molecule has 0 spiro atoms. The van der Waals surface area contributed by atoms with E-state index in [1.807, 2.05) is 73.7 Å². The standard InChI is InChI=1S/C27H29N3O4S/c1-20-9-12-24-26(17-20)34-25-18-22(33-2)10-11-23(25)27(28-24)29-13-6-14-30(16-15-29)35(31,32)19-21-7-4-3-5-8-21/h3-5,7-12,17-18H,6,13-16,19H2,1-2H3. The second-order valence-corrected chi connectivity index (χ2v) is 10.8. The molecule has 5 rings (SSSR count). The first-order chi connectivity index (χ1) is 16.9. The lowest BCUT2D eigenvalue weighted by Crippen LogP contribution is -2.38. The summed E-state index contributed by atoms with van der Waals surface area (Å²) >= 11 is 0. The van der Waals surface area contributed by atoms with Crippen LogP contribution in [0.25, 0.3) is 0 Å². The Labute approximate surface area is 206 Å². The van der Waals surface area contributed by atoms with Crippen LogP contribution < -0.4 is 9.47 Å². The van der Waals surface area contributed by atoms with E-state index in [0.717, 1.165) is 28.2 Å². The molecule has 0 atom stereocenters. The van der Waals surface area contributed by atoms with E-state index in [4.69, 9.17) is 14.5 Å². The van der Waals surface area contributed by atoms with E-state index in [9.17, 15) is 8.42 Å². The first kappa shape index (κ1) is 23.4. The van der Waals surface area contributed by atoms with Crippen LogP contribution in [-0.4, -0.2) is 56.7 Å². The summed E-state index contributed by atoms with van der Waals surface area (Å²) in [4.78, 5) is 7.17. The van der Waals surface area contributed by atoms with Crippen molar-refractivity contribution in [2.75, 3.05) is 33.3 Å². The summed E-state index contributed by atoms with van der Waals surface area (Å²) in [5, 5.41) is 0. The molecular weight excluding hydrogens is 462 g/mol. The van der Waals surface area contributed by atoms with Crippen LogP contribution in [-0.2, 0) is 15.8 Å². The van der Waals surface area contributed by atoms with Gasteiger partial charge in [-0.2, -0.15) is 4.31 Å². The highest BCUT2D eigenvalue weighted by Crippen LogP contribution is 2.40. The summed E-state index contributed by atoms with van der Waals surface area (Å²) in [5.74, 6) is 2.86. The lowest BCUT2D eigenvalue weighted by atomic mass is 10.1. The van der Waals surface area contributed by atoms with E-state index >= 15 is 0 Å². The van der Waals surface area contributed by atoms with E-state index in [0.29, 0.717) is 49.8 Å². The first-order valence-electron chi connectivity index (χ1n) is 11.8. The molecule has 35 heavy (non-hydrogen) atoms. The maximum atomic E-state index is 13.2. The fourth-order valence-electron chi connectivity index (χ4n) is 4.49. The minimum atomic E-state index is -3.42. The molecule has 0 bridgehead atoms. The number of methoxy groups -OCH3 is 1. The highest BCUT2D eigenvalue weighted by molar-refractivity contribution is 7.88. The van der Waals surface area contributed by atoms with Crippen molar-refractivity contribution in [3.05, 3.63) is 83.4 Å². The van der Waals surface area contributed by atoms with Crippen LogP contribution in [0.5, 0.6) is 17.2 Å². The zero-order chi connectivity index (χ0) is 24.4. The molecule has 0 radical (unpaired) electrons. The smallest absolute Gasteiger partial charge is 0.218 e. The SMILES string of the molecule is COc1ccc2c(c1)Oc1cc(C)ccc1N=C2N1CCCN(S(=O)(=O)Cc2ccccc2)CC1. The number of hydrogen-bond donors (Lipinski definition) is 0. The molecule has 0 aromatic heterocycles. The van der Waals surface area contributed by atoms with Crippen molar-refractivity contribution in [1.82, 2.24) is 9.21 Å². The fourth-order valence-corrected chi connectivity index (χ4v) is 6.05. The lowest BCUT2D eigenvalue weighted by Gasteiger charge is -2.25. The van der Waals surface area contributed by atoms with Crippen LogP contribution in [0.15, 0.2) is 71.7 Å². The van der Waals surface area contributed by atoms with Crippen molar-refractivity contribution in [3.63, 3.8) is 0 Å². The molecule has 0 saturated carbocycles. The average molecular weight is 492 g/mol. The molecule has 2 aliphatic rings. The molecule has 2 heterocycles. The third-order valence-electron chi connectivity index (χ3n) is 6.33. The minimum absolute atomic E-state index is 0.0119. The zero-order valence-electron chi connectivity index (χ0n) is 20.0. The molecule has 3 aromatic carbocycles. The molecule has 0 N–H and O–H groups in total. The zero-order valence-corrected chi connectivity index (χ0v) is 20.8. The third-order valence-corrected chi connectivity index (χ3v) is 8.18. The largest absolute Gasteiger partial charge is 0.497 e. The maximum absolute atomic E-state index is 13.2. The number of nitrogens with zero attached hydrogens (tertiary/aromatic N) is 3. The Morgan fingerprint density at radius 2 is 1.77 bits per heavy atom. The van der Waals surface area contributed by atoms with Crippen molar-refractivity contribution >= 4 is 21.5 Å². The molecule has 8 heteroatoms. The molecule has 2 aliphatic heterocycles. The number of aryl methyl sites for hydroxylation is 1. The van der Waals surface area contributed by atoms with Gasteiger partial charge in [0.2, 0.25) is 10.0 Å². The maximum Gasteiger partial charge on any atom is 0.218 e. The van der Waals surface area contributed by atoms with E-state index in [1.165, 1.54) is 0 Å². The Morgan fingerprint density at radius 3 is 2.57 bits per heavy atom. The average Bonchev–Trinajstić information content (AvgIpc) is 3.19. The second kappa shape index (κ2) is 9.71. The molecule has 3 aromatic rings. The van der Waals surface area contributed by atoms with Gasteiger partial charge in [-0.25, -0.2) is 13.4 Å². The predicted octanol–water partition coefficient (Wildman–Crippen LogP) is 4.73. The Balaban J connectivity index is 1.44. The molecule has 0 amide bonds. The molecule has 0 aliphatic carbocycles. The van der Waals surface area contributed by atoms with Gasteiger partial charge < -0.3 is 14.4 Å². The molecule has 7 nitrogen and oxygen atoms in total. The quantitative estimate of drug-likeness (QED) is 0.528. The number of amidine groups is 1. The number of hydrogen-bond acceptors (Lipinski definition) is 6. The van der Waals surface area contributed by atoms with Gasteiger partial charge in [0.05, 0.1) is 18.4 Å². The van der Waals surface area contributed by atoms with Gasteiger partial charge in [-0.15, -0.1) is 0 Å². The predicted molar refractivity (Wildman–Crippen MR) is 137 cm³/mol. The second-order valence-electron chi connectivity index (χ2n) is 8.85. The Bertz CT molecular complexity index is 1360. The van der Waals surface area contributed by atoms with Gasteiger partial charge in [-0.3, -0.25) is 0 Å². The topological polar surface area (TPSA) is 71.4 Å². The molecule has 0 unspecified atom stereocenters. The highest BCUT2D eigenvalue weighted by atomic mass is 32.2. The number of ether oxygens (including phenoxy) is 2. The first-order valence-corrected chi connectivity index (χ1v) is 13.4. The summed E-state index contributed by atoms with van der Waals surface area (Å²) in [5.41, 5.74) is 3.49. The van der Waals surface area contributed by atoms with Crippen LogP contribution in [0.4, 0.5) is 5.69 Å². The van der Waals surface area contributed by atoms with E-state index in [-0.39, 0.29) is 5.75 Å². The molecule has 1 saturated heterocycles. The number of aliphatic imine (C=N–C) groups is 1. The summed E-state index contributed by atoms with van der Waals surface area (Å²) in [6.45, 7) is 4.15. The van der Waals surface area contributed by atoms with Crippen molar-refractivity contribution < 1.29 is 17.9 Å². The number of benzene rings is 3. The van der Waals surface area contributed by atoms with E-state index in [2.05, 4.69) is 4.90 Å². The van der Waals surface area contributed by atoms with Gasteiger partial charge in [0.1, 0.15) is 23.0 Å². The Kier molecular flexibility index (Phi) is 6.49. The molecule has 1 fully saturated rings.